The largest absolute Gasteiger partial charge is 0.347 e. The SMILES string of the molecule is CCn1ccc2c3cncnc3cc(I)c21. The van der Waals surface area contributed by atoms with E-state index in [1.54, 1.807) is 6.33 Å². The number of rotatable bonds is 1. The van der Waals surface area contributed by atoms with Gasteiger partial charge in [0.2, 0.25) is 0 Å². The van der Waals surface area contributed by atoms with Crippen molar-refractivity contribution in [3.63, 3.8) is 0 Å². The minimum atomic E-state index is 0.985. The molecule has 0 saturated heterocycles. The zero-order valence-corrected chi connectivity index (χ0v) is 11.0. The maximum absolute atomic E-state index is 4.30. The van der Waals surface area contributed by atoms with Gasteiger partial charge in [0.25, 0.3) is 0 Å². The Kier molecular flexibility index (Phi) is 2.31. The van der Waals surface area contributed by atoms with Crippen molar-refractivity contribution in [2.24, 2.45) is 0 Å². The summed E-state index contributed by atoms with van der Waals surface area (Å²) in [7, 11) is 0. The molecule has 1 aromatic carbocycles. The summed E-state index contributed by atoms with van der Waals surface area (Å²) in [6.45, 7) is 3.14. The van der Waals surface area contributed by atoms with Gasteiger partial charge in [-0.3, -0.25) is 0 Å². The molecule has 3 rings (SSSR count). The molecule has 0 bridgehead atoms. The second kappa shape index (κ2) is 3.69. The molecule has 80 valence electrons. The van der Waals surface area contributed by atoms with E-state index in [1.165, 1.54) is 14.5 Å². The Bertz CT molecular complexity index is 672. The van der Waals surface area contributed by atoms with E-state index in [-0.39, 0.29) is 0 Å². The van der Waals surface area contributed by atoms with Crippen LogP contribution in [0.15, 0.2) is 30.9 Å². The second-order valence-corrected chi connectivity index (χ2v) is 4.84. The predicted molar refractivity (Wildman–Crippen MR) is 73.4 cm³/mol. The van der Waals surface area contributed by atoms with E-state index in [1.807, 2.05) is 6.20 Å². The standard InChI is InChI=1S/C12H10IN3/c1-2-16-4-3-8-9-6-14-7-15-11(9)5-10(13)12(8)16/h3-7H,2H2,1H3. The molecule has 0 N–H and O–H groups in total. The van der Waals surface area contributed by atoms with Crippen LogP contribution in [-0.4, -0.2) is 14.5 Å². The van der Waals surface area contributed by atoms with Crippen molar-refractivity contribution in [2.75, 3.05) is 0 Å². The van der Waals surface area contributed by atoms with Crippen LogP contribution in [0.5, 0.6) is 0 Å². The summed E-state index contributed by atoms with van der Waals surface area (Å²) in [6.07, 6.45) is 5.61. The fourth-order valence-electron chi connectivity index (χ4n) is 2.07. The van der Waals surface area contributed by atoms with Crippen molar-refractivity contribution in [3.05, 3.63) is 34.4 Å². The topological polar surface area (TPSA) is 30.7 Å². The first-order chi connectivity index (χ1) is 7.81. The van der Waals surface area contributed by atoms with E-state index in [9.17, 15) is 0 Å². The van der Waals surface area contributed by atoms with E-state index in [4.69, 9.17) is 0 Å². The summed E-state index contributed by atoms with van der Waals surface area (Å²) in [5.41, 5.74) is 2.30. The van der Waals surface area contributed by atoms with Gasteiger partial charge in [-0.25, -0.2) is 9.97 Å². The number of hydrogen-bond donors (Lipinski definition) is 0. The first kappa shape index (κ1) is 10.0. The molecule has 4 heteroatoms. The number of hydrogen-bond acceptors (Lipinski definition) is 2. The van der Waals surface area contributed by atoms with Gasteiger partial charge in [0.15, 0.2) is 0 Å². The van der Waals surface area contributed by atoms with E-state index in [0.717, 1.165) is 17.4 Å². The first-order valence-electron chi connectivity index (χ1n) is 5.18. The van der Waals surface area contributed by atoms with Gasteiger partial charge in [-0.1, -0.05) is 0 Å². The Labute approximate surface area is 107 Å². The molecular weight excluding hydrogens is 313 g/mol. The summed E-state index contributed by atoms with van der Waals surface area (Å²) in [5, 5.41) is 2.37. The molecule has 0 saturated carbocycles. The van der Waals surface area contributed by atoms with Gasteiger partial charge in [-0.15, -0.1) is 0 Å². The number of aromatic nitrogens is 3. The van der Waals surface area contributed by atoms with Gasteiger partial charge in [0, 0.05) is 33.3 Å². The number of fused-ring (bicyclic) bond motifs is 3. The Hall–Kier alpha value is -1.17. The molecule has 2 aromatic heterocycles. The Morgan fingerprint density at radius 2 is 2.25 bits per heavy atom. The van der Waals surface area contributed by atoms with Crippen molar-refractivity contribution in [3.8, 4) is 0 Å². The third kappa shape index (κ3) is 1.32. The fraction of sp³-hybridized carbons (Fsp3) is 0.167. The molecule has 0 unspecified atom stereocenters. The van der Waals surface area contributed by atoms with Crippen LogP contribution in [0, 0.1) is 3.57 Å². The monoisotopic (exact) mass is 323 g/mol. The van der Waals surface area contributed by atoms with E-state index in [0.29, 0.717) is 0 Å². The Morgan fingerprint density at radius 3 is 3.06 bits per heavy atom. The summed E-state index contributed by atoms with van der Waals surface area (Å²) >= 11 is 2.37. The van der Waals surface area contributed by atoms with Crippen molar-refractivity contribution >= 4 is 44.4 Å². The third-order valence-electron chi connectivity index (χ3n) is 2.83. The first-order valence-corrected chi connectivity index (χ1v) is 6.26. The normalized spacial score (nSPS) is 11.4. The average molecular weight is 323 g/mol. The quantitative estimate of drug-likeness (QED) is 0.644. The molecule has 0 aliphatic rings. The van der Waals surface area contributed by atoms with Crippen molar-refractivity contribution in [1.82, 2.24) is 14.5 Å². The summed E-state index contributed by atoms with van der Waals surface area (Å²) < 4.78 is 3.49. The average Bonchev–Trinajstić information content (AvgIpc) is 2.74. The van der Waals surface area contributed by atoms with Crippen LogP contribution in [0.4, 0.5) is 0 Å². The minimum absolute atomic E-state index is 0.985. The van der Waals surface area contributed by atoms with Crippen LogP contribution in [0.25, 0.3) is 21.8 Å². The molecular formula is C12H10IN3. The molecule has 0 aliphatic heterocycles. The number of nitrogens with zero attached hydrogens (tertiary/aromatic N) is 3. The second-order valence-electron chi connectivity index (χ2n) is 3.68. The predicted octanol–water partition coefficient (Wildman–Crippen LogP) is 3.21. The molecule has 0 amide bonds. The van der Waals surface area contributed by atoms with Gasteiger partial charge in [0.05, 0.1) is 11.0 Å². The van der Waals surface area contributed by atoms with Gasteiger partial charge in [0.1, 0.15) is 6.33 Å². The molecule has 0 radical (unpaired) electrons. The molecule has 0 aliphatic carbocycles. The van der Waals surface area contributed by atoms with Gasteiger partial charge in [-0.05, 0) is 41.6 Å². The molecule has 3 aromatic rings. The van der Waals surface area contributed by atoms with Crippen LogP contribution < -0.4 is 0 Å². The molecule has 0 fully saturated rings. The molecule has 0 spiro atoms. The fourth-order valence-corrected chi connectivity index (χ4v) is 2.96. The van der Waals surface area contributed by atoms with Crippen molar-refractivity contribution in [2.45, 2.75) is 13.5 Å². The number of halogens is 1. The van der Waals surface area contributed by atoms with Gasteiger partial charge < -0.3 is 4.57 Å². The van der Waals surface area contributed by atoms with E-state index in [2.05, 4.69) is 62.4 Å². The van der Waals surface area contributed by atoms with Crippen molar-refractivity contribution in [1.29, 1.82) is 0 Å². The van der Waals surface area contributed by atoms with Crippen LogP contribution >= 0.6 is 22.6 Å². The van der Waals surface area contributed by atoms with E-state index >= 15 is 0 Å². The highest BCUT2D eigenvalue weighted by atomic mass is 127. The highest BCUT2D eigenvalue weighted by Crippen LogP contribution is 2.28. The van der Waals surface area contributed by atoms with Crippen molar-refractivity contribution < 1.29 is 0 Å². The lowest BCUT2D eigenvalue weighted by molar-refractivity contribution is 0.796. The van der Waals surface area contributed by atoms with Gasteiger partial charge >= 0.3 is 0 Å². The zero-order chi connectivity index (χ0) is 11.1. The van der Waals surface area contributed by atoms with Crippen LogP contribution in [0.2, 0.25) is 0 Å². The molecule has 0 atom stereocenters. The smallest absolute Gasteiger partial charge is 0.116 e. The number of benzene rings is 1. The lowest BCUT2D eigenvalue weighted by atomic mass is 10.1. The Morgan fingerprint density at radius 1 is 1.38 bits per heavy atom. The van der Waals surface area contributed by atoms with Crippen LogP contribution in [0.1, 0.15) is 6.92 Å². The highest BCUT2D eigenvalue weighted by molar-refractivity contribution is 14.1. The third-order valence-corrected chi connectivity index (χ3v) is 3.65. The minimum Gasteiger partial charge on any atom is -0.347 e. The van der Waals surface area contributed by atoms with Crippen LogP contribution in [0.3, 0.4) is 0 Å². The Balaban J connectivity index is 2.56. The zero-order valence-electron chi connectivity index (χ0n) is 8.81. The summed E-state index contributed by atoms with van der Waals surface area (Å²) in [6, 6.07) is 4.26. The van der Waals surface area contributed by atoms with Gasteiger partial charge in [-0.2, -0.15) is 0 Å². The maximum Gasteiger partial charge on any atom is 0.116 e. The lowest BCUT2D eigenvalue weighted by Crippen LogP contribution is -1.93. The molecule has 2 heterocycles. The highest BCUT2D eigenvalue weighted by Gasteiger charge is 2.09. The summed E-state index contributed by atoms with van der Waals surface area (Å²) in [4.78, 5) is 8.41. The molecule has 3 nitrogen and oxygen atoms in total. The molecule has 16 heavy (non-hydrogen) atoms. The van der Waals surface area contributed by atoms with Crippen LogP contribution in [-0.2, 0) is 6.54 Å². The van der Waals surface area contributed by atoms with E-state index < -0.39 is 0 Å². The lowest BCUT2D eigenvalue weighted by Gasteiger charge is -2.05. The maximum atomic E-state index is 4.30. The number of aryl methyl sites for hydroxylation is 1. The summed E-state index contributed by atoms with van der Waals surface area (Å²) in [5.74, 6) is 0.